The molecule has 0 spiro atoms. The van der Waals surface area contributed by atoms with Gasteiger partial charge in [0.1, 0.15) is 5.54 Å². The summed E-state index contributed by atoms with van der Waals surface area (Å²) in [5.74, 6) is -0.401. The first-order chi connectivity index (χ1) is 11.8. The molecule has 1 aromatic heterocycles. The van der Waals surface area contributed by atoms with Crippen molar-refractivity contribution in [1.29, 1.82) is 0 Å². The first-order valence-electron chi connectivity index (χ1n) is 7.37. The van der Waals surface area contributed by atoms with Gasteiger partial charge in [0.2, 0.25) is 0 Å². The van der Waals surface area contributed by atoms with E-state index in [0.717, 1.165) is 22.1 Å². The molecule has 1 saturated carbocycles. The number of amides is 1. The second-order valence-electron chi connectivity index (χ2n) is 5.78. The summed E-state index contributed by atoms with van der Waals surface area (Å²) in [5.41, 5.74) is -2.42. The van der Waals surface area contributed by atoms with E-state index in [0.29, 0.717) is 12.8 Å². The van der Waals surface area contributed by atoms with Crippen molar-refractivity contribution >= 4 is 39.9 Å². The molecule has 25 heavy (non-hydrogen) atoms. The second kappa shape index (κ2) is 6.33. The molecule has 3 rings (SSSR count). The van der Waals surface area contributed by atoms with Gasteiger partial charge >= 0.3 is 6.18 Å². The molecule has 9 heteroatoms. The normalized spacial score (nSPS) is 16.0. The number of aromatic nitrogens is 2. The standard InChI is InChI=1S/C16H12F3IN4O/c1-21-13-4-3-11(7-12(13)16(17,18)19)23-14(25)15(5-2-6-15)24-9-10(20)8-22-24/h3-4,7-9H,2,5-6H2,(H,23,25). The molecule has 130 valence electrons. The summed E-state index contributed by atoms with van der Waals surface area (Å²) in [6, 6.07) is 3.17. The highest BCUT2D eigenvalue weighted by atomic mass is 127. The third-order valence-electron chi connectivity index (χ3n) is 4.27. The van der Waals surface area contributed by atoms with Crippen LogP contribution in [0.15, 0.2) is 30.6 Å². The van der Waals surface area contributed by atoms with Crippen LogP contribution in [-0.4, -0.2) is 15.7 Å². The topological polar surface area (TPSA) is 51.3 Å². The number of anilines is 1. The van der Waals surface area contributed by atoms with E-state index in [4.69, 9.17) is 6.57 Å². The maximum absolute atomic E-state index is 13.1. The van der Waals surface area contributed by atoms with Crippen molar-refractivity contribution in [2.24, 2.45) is 0 Å². The summed E-state index contributed by atoms with van der Waals surface area (Å²) in [6.07, 6.45) is 0.690. The Bertz CT molecular complexity index is 865. The van der Waals surface area contributed by atoms with E-state index in [1.54, 1.807) is 17.1 Å². The third kappa shape index (κ3) is 3.22. The molecular weight excluding hydrogens is 448 g/mol. The smallest absolute Gasteiger partial charge is 0.324 e. The number of hydrogen-bond donors (Lipinski definition) is 1. The monoisotopic (exact) mass is 460 g/mol. The van der Waals surface area contributed by atoms with E-state index >= 15 is 0 Å². The van der Waals surface area contributed by atoms with Gasteiger partial charge in [0, 0.05) is 11.9 Å². The average molecular weight is 460 g/mol. The second-order valence-corrected chi connectivity index (χ2v) is 7.03. The van der Waals surface area contributed by atoms with Crippen LogP contribution >= 0.6 is 22.6 Å². The number of carbonyl (C=O) groups is 1. The number of carbonyl (C=O) groups excluding carboxylic acids is 1. The van der Waals surface area contributed by atoms with E-state index in [1.165, 1.54) is 6.07 Å². The van der Waals surface area contributed by atoms with Crippen LogP contribution in [0.1, 0.15) is 24.8 Å². The largest absolute Gasteiger partial charge is 0.407 e. The Morgan fingerprint density at radius 1 is 1.40 bits per heavy atom. The maximum Gasteiger partial charge on any atom is 0.407 e. The summed E-state index contributed by atoms with van der Waals surface area (Å²) in [6.45, 7) is 6.85. The lowest BCUT2D eigenvalue weighted by Gasteiger charge is -2.40. The number of nitrogens with one attached hydrogen (secondary N) is 1. The first-order valence-corrected chi connectivity index (χ1v) is 8.45. The lowest BCUT2D eigenvalue weighted by molar-refractivity contribution is -0.137. The van der Waals surface area contributed by atoms with Gasteiger partial charge in [-0.1, -0.05) is 6.07 Å². The number of halogens is 4. The van der Waals surface area contributed by atoms with Crippen molar-refractivity contribution in [3.05, 3.63) is 51.1 Å². The minimum absolute atomic E-state index is 0.0119. The molecule has 0 atom stereocenters. The average Bonchev–Trinajstić information content (AvgIpc) is 2.92. The lowest BCUT2D eigenvalue weighted by atomic mass is 9.76. The van der Waals surface area contributed by atoms with Gasteiger partial charge in [-0.3, -0.25) is 9.48 Å². The van der Waals surface area contributed by atoms with Gasteiger partial charge in [0.15, 0.2) is 5.69 Å². The van der Waals surface area contributed by atoms with E-state index in [9.17, 15) is 18.0 Å². The number of rotatable bonds is 3. The lowest BCUT2D eigenvalue weighted by Crippen LogP contribution is -2.51. The van der Waals surface area contributed by atoms with Gasteiger partial charge in [-0.2, -0.15) is 18.3 Å². The zero-order chi connectivity index (χ0) is 18.2. The molecule has 1 aliphatic rings. The molecule has 0 saturated heterocycles. The maximum atomic E-state index is 13.1. The predicted molar refractivity (Wildman–Crippen MR) is 93.1 cm³/mol. The van der Waals surface area contributed by atoms with Gasteiger partial charge in [-0.25, -0.2) is 4.85 Å². The fourth-order valence-electron chi connectivity index (χ4n) is 2.79. The van der Waals surface area contributed by atoms with Crippen molar-refractivity contribution in [3.8, 4) is 0 Å². The zero-order valence-electron chi connectivity index (χ0n) is 12.8. The number of benzene rings is 1. The first kappa shape index (κ1) is 17.7. The number of nitrogens with zero attached hydrogens (tertiary/aromatic N) is 3. The summed E-state index contributed by atoms with van der Waals surface area (Å²) in [7, 11) is 0. The van der Waals surface area contributed by atoms with Crippen molar-refractivity contribution < 1.29 is 18.0 Å². The van der Waals surface area contributed by atoms with Gasteiger partial charge < -0.3 is 5.32 Å². The molecule has 1 aromatic carbocycles. The van der Waals surface area contributed by atoms with Crippen LogP contribution < -0.4 is 5.32 Å². The molecular formula is C16H12F3IN4O. The fourth-order valence-corrected chi connectivity index (χ4v) is 3.18. The predicted octanol–water partition coefficient (Wildman–Crippen LogP) is 4.58. The minimum Gasteiger partial charge on any atom is -0.324 e. The van der Waals surface area contributed by atoms with E-state index in [2.05, 4.69) is 37.9 Å². The molecule has 0 radical (unpaired) electrons. The Labute approximate surface area is 155 Å². The molecule has 0 unspecified atom stereocenters. The molecule has 0 bridgehead atoms. The van der Waals surface area contributed by atoms with Crippen LogP contribution in [-0.2, 0) is 16.5 Å². The van der Waals surface area contributed by atoms with Gasteiger partial charge in [0.05, 0.1) is 21.9 Å². The molecule has 1 fully saturated rings. The van der Waals surface area contributed by atoms with Crippen LogP contribution in [0.2, 0.25) is 0 Å². The number of alkyl halides is 3. The Balaban J connectivity index is 1.89. The highest BCUT2D eigenvalue weighted by molar-refractivity contribution is 14.1. The molecule has 2 aromatic rings. The molecule has 1 N–H and O–H groups in total. The van der Waals surface area contributed by atoms with E-state index < -0.39 is 28.9 Å². The van der Waals surface area contributed by atoms with Crippen molar-refractivity contribution in [2.45, 2.75) is 31.0 Å². The summed E-state index contributed by atoms with van der Waals surface area (Å²) < 4.78 is 41.6. The molecule has 1 aliphatic carbocycles. The van der Waals surface area contributed by atoms with Crippen molar-refractivity contribution in [3.63, 3.8) is 0 Å². The Morgan fingerprint density at radius 3 is 2.60 bits per heavy atom. The highest BCUT2D eigenvalue weighted by Crippen LogP contribution is 2.41. The Hall–Kier alpha value is -2.09. The van der Waals surface area contributed by atoms with Crippen molar-refractivity contribution in [1.82, 2.24) is 9.78 Å². The van der Waals surface area contributed by atoms with Crippen LogP contribution in [0.25, 0.3) is 4.85 Å². The van der Waals surface area contributed by atoms with Crippen LogP contribution in [0.4, 0.5) is 24.5 Å². The fraction of sp³-hybridized carbons (Fsp3) is 0.312. The summed E-state index contributed by atoms with van der Waals surface area (Å²) >= 11 is 2.08. The Morgan fingerprint density at radius 2 is 2.12 bits per heavy atom. The van der Waals surface area contributed by atoms with Gasteiger partial charge in [-0.15, -0.1) is 0 Å². The number of hydrogen-bond acceptors (Lipinski definition) is 2. The van der Waals surface area contributed by atoms with Gasteiger partial charge in [-0.05, 0) is 54.0 Å². The van der Waals surface area contributed by atoms with Crippen LogP contribution in [0.3, 0.4) is 0 Å². The Kier molecular flexibility index (Phi) is 4.49. The quantitative estimate of drug-likeness (QED) is 0.539. The van der Waals surface area contributed by atoms with Gasteiger partial charge in [0.25, 0.3) is 5.91 Å². The summed E-state index contributed by atoms with van der Waals surface area (Å²) in [4.78, 5) is 15.6. The van der Waals surface area contributed by atoms with E-state index in [-0.39, 0.29) is 5.69 Å². The zero-order valence-corrected chi connectivity index (χ0v) is 14.9. The highest BCUT2D eigenvalue weighted by Gasteiger charge is 2.47. The third-order valence-corrected chi connectivity index (χ3v) is 4.83. The SMILES string of the molecule is [C-]#[N+]c1ccc(NC(=O)C2(n3cc(I)cn3)CCC2)cc1C(F)(F)F. The van der Waals surface area contributed by atoms with Crippen LogP contribution in [0, 0.1) is 10.1 Å². The minimum atomic E-state index is -4.66. The van der Waals surface area contributed by atoms with Crippen molar-refractivity contribution in [2.75, 3.05) is 5.32 Å². The van der Waals surface area contributed by atoms with Crippen LogP contribution in [0.5, 0.6) is 0 Å². The molecule has 0 aliphatic heterocycles. The molecule has 1 amide bonds. The summed E-state index contributed by atoms with van der Waals surface area (Å²) in [5, 5.41) is 6.74. The molecule has 1 heterocycles. The van der Waals surface area contributed by atoms with E-state index in [1.807, 2.05) is 0 Å². The molecule has 5 nitrogen and oxygen atoms in total.